The van der Waals surface area contributed by atoms with E-state index in [0.717, 1.165) is 16.7 Å². The first-order chi connectivity index (χ1) is 14.8. The summed E-state index contributed by atoms with van der Waals surface area (Å²) in [4.78, 5) is 25.0. The van der Waals surface area contributed by atoms with Crippen LogP contribution in [0.2, 0.25) is 0 Å². The maximum absolute atomic E-state index is 13.6. The largest absolute Gasteiger partial charge is 0.496 e. The summed E-state index contributed by atoms with van der Waals surface area (Å²) in [5.41, 5.74) is 0.253. The fraction of sp³-hybridized carbons (Fsp3) is 0.300. The van der Waals surface area contributed by atoms with Gasteiger partial charge in [-0.05, 0) is 30.3 Å². The number of carbonyl (C=O) groups excluding carboxylic acids is 1. The molecule has 2 heterocycles. The topological polar surface area (TPSA) is 108 Å². The highest BCUT2D eigenvalue weighted by Crippen LogP contribution is 2.24. The molecule has 3 aromatic rings. The van der Waals surface area contributed by atoms with Crippen molar-refractivity contribution in [1.29, 1.82) is 0 Å². The molecule has 1 fully saturated rings. The summed E-state index contributed by atoms with van der Waals surface area (Å²) in [5, 5.41) is 0. The molecular weight excluding hydrogens is 431 g/mol. The lowest BCUT2D eigenvalue weighted by atomic mass is 10.1. The SMILES string of the molecule is COc1ccc(F)cc1C(=O)Cn1c(=O)oc2cc(S(=O)(=O)N3CCOCC3)ccc21. The third-order valence-corrected chi connectivity index (χ3v) is 6.91. The Morgan fingerprint density at radius 3 is 2.61 bits per heavy atom. The highest BCUT2D eigenvalue weighted by Gasteiger charge is 2.27. The van der Waals surface area contributed by atoms with Crippen molar-refractivity contribution < 1.29 is 31.5 Å². The molecule has 0 unspecified atom stereocenters. The molecule has 0 saturated carbocycles. The standard InChI is InChI=1S/C20H19FN2O7S/c1-28-18-5-2-13(21)10-15(18)17(24)12-23-16-4-3-14(11-19(16)30-20(23)25)31(26,27)22-6-8-29-9-7-22/h2-5,10-11H,6-9,12H2,1H3. The number of rotatable bonds is 6. The molecule has 9 nitrogen and oxygen atoms in total. The molecular formula is C20H19FN2O7S. The number of methoxy groups -OCH3 is 1. The van der Waals surface area contributed by atoms with Gasteiger partial charge < -0.3 is 13.9 Å². The van der Waals surface area contributed by atoms with Crippen LogP contribution in [-0.2, 0) is 21.3 Å². The van der Waals surface area contributed by atoms with E-state index in [1.807, 2.05) is 0 Å². The second-order valence-electron chi connectivity index (χ2n) is 6.87. The smallest absolute Gasteiger partial charge is 0.420 e. The lowest BCUT2D eigenvalue weighted by Gasteiger charge is -2.25. The third kappa shape index (κ3) is 3.99. The molecule has 0 N–H and O–H groups in total. The Bertz CT molecular complexity index is 1310. The summed E-state index contributed by atoms with van der Waals surface area (Å²) < 4.78 is 57.1. The first kappa shape index (κ1) is 21.2. The summed E-state index contributed by atoms with van der Waals surface area (Å²) in [7, 11) is -2.43. The number of halogens is 1. The number of hydrogen-bond donors (Lipinski definition) is 0. The number of sulfonamides is 1. The predicted octanol–water partition coefficient (Wildman–Crippen LogP) is 1.65. The fourth-order valence-corrected chi connectivity index (χ4v) is 4.84. The van der Waals surface area contributed by atoms with Crippen LogP contribution < -0.4 is 10.5 Å². The monoisotopic (exact) mass is 450 g/mol. The van der Waals surface area contributed by atoms with E-state index in [9.17, 15) is 22.4 Å². The summed E-state index contributed by atoms with van der Waals surface area (Å²) in [6, 6.07) is 7.52. The highest BCUT2D eigenvalue weighted by atomic mass is 32.2. The Hall–Kier alpha value is -3.02. The lowest BCUT2D eigenvalue weighted by Crippen LogP contribution is -2.40. The number of morpholine rings is 1. The molecule has 164 valence electrons. The minimum atomic E-state index is -3.78. The van der Waals surface area contributed by atoms with Gasteiger partial charge >= 0.3 is 5.76 Å². The fourth-order valence-electron chi connectivity index (χ4n) is 3.42. The van der Waals surface area contributed by atoms with Crippen molar-refractivity contribution in [3.63, 3.8) is 0 Å². The van der Waals surface area contributed by atoms with Crippen LogP contribution in [0.25, 0.3) is 11.1 Å². The zero-order valence-corrected chi connectivity index (χ0v) is 17.4. The number of ether oxygens (including phenoxy) is 2. The van der Waals surface area contributed by atoms with Gasteiger partial charge in [-0.1, -0.05) is 0 Å². The van der Waals surface area contributed by atoms with Crippen LogP contribution in [0.3, 0.4) is 0 Å². The van der Waals surface area contributed by atoms with E-state index in [2.05, 4.69) is 0 Å². The Morgan fingerprint density at radius 1 is 1.16 bits per heavy atom. The van der Waals surface area contributed by atoms with E-state index in [1.54, 1.807) is 0 Å². The molecule has 0 aliphatic carbocycles. The number of carbonyl (C=O) groups is 1. The number of oxazole rings is 1. The molecule has 0 atom stereocenters. The number of benzene rings is 2. The van der Waals surface area contributed by atoms with E-state index in [4.69, 9.17) is 13.9 Å². The van der Waals surface area contributed by atoms with Gasteiger partial charge in [-0.25, -0.2) is 17.6 Å². The van der Waals surface area contributed by atoms with Crippen LogP contribution in [0.1, 0.15) is 10.4 Å². The molecule has 0 spiro atoms. The highest BCUT2D eigenvalue weighted by molar-refractivity contribution is 7.89. The zero-order chi connectivity index (χ0) is 22.2. The summed E-state index contributed by atoms with van der Waals surface area (Å²) in [6.07, 6.45) is 0. The van der Waals surface area contributed by atoms with Gasteiger partial charge in [0.2, 0.25) is 10.0 Å². The minimum absolute atomic E-state index is 0.0183. The molecule has 11 heteroatoms. The van der Waals surface area contributed by atoms with Crippen molar-refractivity contribution in [2.45, 2.75) is 11.4 Å². The van der Waals surface area contributed by atoms with Crippen LogP contribution in [0.4, 0.5) is 4.39 Å². The van der Waals surface area contributed by atoms with Crippen molar-refractivity contribution in [3.8, 4) is 5.75 Å². The van der Waals surface area contributed by atoms with Crippen molar-refractivity contribution in [2.75, 3.05) is 33.4 Å². The Kier molecular flexibility index (Phi) is 5.65. The van der Waals surface area contributed by atoms with Gasteiger partial charge in [-0.3, -0.25) is 9.36 Å². The number of Topliss-reactive ketones (excluding diaryl/α,β-unsaturated/α-hetero) is 1. The van der Waals surface area contributed by atoms with Crippen molar-refractivity contribution in [1.82, 2.24) is 8.87 Å². The lowest BCUT2D eigenvalue weighted by molar-refractivity contribution is 0.0730. The molecule has 0 radical (unpaired) electrons. The molecule has 2 aromatic carbocycles. The van der Waals surface area contributed by atoms with Gasteiger partial charge in [-0.15, -0.1) is 0 Å². The minimum Gasteiger partial charge on any atom is -0.496 e. The van der Waals surface area contributed by atoms with Gasteiger partial charge in [0.25, 0.3) is 0 Å². The molecule has 4 rings (SSSR count). The van der Waals surface area contributed by atoms with Gasteiger partial charge in [-0.2, -0.15) is 4.31 Å². The van der Waals surface area contributed by atoms with Gasteiger partial charge in [0.1, 0.15) is 11.6 Å². The normalized spacial score (nSPS) is 15.3. The second-order valence-corrected chi connectivity index (χ2v) is 8.81. The Labute approximate surface area is 176 Å². The van der Waals surface area contributed by atoms with Gasteiger partial charge in [0.15, 0.2) is 11.4 Å². The zero-order valence-electron chi connectivity index (χ0n) is 16.5. The van der Waals surface area contributed by atoms with E-state index >= 15 is 0 Å². The first-order valence-electron chi connectivity index (χ1n) is 9.39. The van der Waals surface area contributed by atoms with E-state index < -0.39 is 33.9 Å². The van der Waals surface area contributed by atoms with Crippen molar-refractivity contribution >= 4 is 26.9 Å². The van der Waals surface area contributed by atoms with E-state index in [-0.39, 0.29) is 40.4 Å². The summed E-state index contributed by atoms with van der Waals surface area (Å²) in [6.45, 7) is 0.642. The average molecular weight is 450 g/mol. The quantitative estimate of drug-likeness (QED) is 0.526. The molecule has 1 aliphatic heterocycles. The molecule has 0 bridgehead atoms. The van der Waals surface area contributed by atoms with Crippen molar-refractivity contribution in [3.05, 3.63) is 58.3 Å². The van der Waals surface area contributed by atoms with Gasteiger partial charge in [0, 0.05) is 19.2 Å². The summed E-state index contributed by atoms with van der Waals surface area (Å²) in [5.74, 6) is -1.84. The van der Waals surface area contributed by atoms with E-state index in [1.165, 1.54) is 35.7 Å². The maximum Gasteiger partial charge on any atom is 0.420 e. The number of ketones is 1. The summed E-state index contributed by atoms with van der Waals surface area (Å²) >= 11 is 0. The molecule has 1 saturated heterocycles. The van der Waals surface area contributed by atoms with Crippen molar-refractivity contribution in [2.24, 2.45) is 0 Å². The second kappa shape index (κ2) is 8.25. The number of aromatic nitrogens is 1. The average Bonchev–Trinajstić information content (AvgIpc) is 3.08. The third-order valence-electron chi connectivity index (χ3n) is 5.01. The molecule has 0 amide bonds. The van der Waals surface area contributed by atoms with Crippen LogP contribution >= 0.6 is 0 Å². The van der Waals surface area contributed by atoms with Crippen LogP contribution in [0.15, 0.2) is 50.5 Å². The number of hydrogen-bond acceptors (Lipinski definition) is 7. The Morgan fingerprint density at radius 2 is 1.90 bits per heavy atom. The Balaban J connectivity index is 1.68. The number of nitrogens with zero attached hydrogens (tertiary/aromatic N) is 2. The van der Waals surface area contributed by atoms with Gasteiger partial charge in [0.05, 0.1) is 42.8 Å². The maximum atomic E-state index is 13.6. The van der Waals surface area contributed by atoms with E-state index in [0.29, 0.717) is 13.2 Å². The number of fused-ring (bicyclic) bond motifs is 1. The van der Waals surface area contributed by atoms with Crippen LogP contribution in [0.5, 0.6) is 5.75 Å². The molecule has 1 aliphatic rings. The van der Waals surface area contributed by atoms with Crippen LogP contribution in [-0.4, -0.2) is 56.5 Å². The predicted molar refractivity (Wildman–Crippen MR) is 107 cm³/mol. The molecule has 1 aromatic heterocycles. The molecule has 31 heavy (non-hydrogen) atoms. The van der Waals surface area contributed by atoms with Crippen LogP contribution in [0, 0.1) is 5.82 Å². The first-order valence-corrected chi connectivity index (χ1v) is 10.8.